The summed E-state index contributed by atoms with van der Waals surface area (Å²) < 4.78 is 8.78. The van der Waals surface area contributed by atoms with Crippen molar-refractivity contribution in [1.82, 2.24) is 14.8 Å². The van der Waals surface area contributed by atoms with E-state index in [1.165, 1.54) is 0 Å². The van der Waals surface area contributed by atoms with Gasteiger partial charge < -0.3 is 4.74 Å². The zero-order chi connectivity index (χ0) is 14.7. The van der Waals surface area contributed by atoms with Crippen LogP contribution in [-0.4, -0.2) is 14.8 Å². The molecule has 0 radical (unpaired) electrons. The molecule has 0 saturated heterocycles. The van der Waals surface area contributed by atoms with Gasteiger partial charge in [0.05, 0.1) is 5.88 Å². The monoisotopic (exact) mass is 357 g/mol. The van der Waals surface area contributed by atoms with Gasteiger partial charge in [0.2, 0.25) is 0 Å². The molecular weight excluding hydrogens is 342 g/mol. The molecule has 0 unspecified atom stereocenters. The number of nitrogens with zero attached hydrogens (tertiary/aromatic N) is 3. The molecule has 1 aromatic carbocycles. The average molecular weight is 359 g/mol. The number of hydrogen-bond acceptors (Lipinski definition) is 3. The summed E-state index contributed by atoms with van der Waals surface area (Å²) in [6.07, 6.45) is 1.55. The Bertz CT molecular complexity index is 598. The van der Waals surface area contributed by atoms with Crippen LogP contribution in [0.1, 0.15) is 36.8 Å². The number of ether oxygens (including phenoxy) is 1. The van der Waals surface area contributed by atoms with E-state index in [0.717, 1.165) is 27.2 Å². The normalized spacial score (nSPS) is 11.1. The zero-order valence-electron chi connectivity index (χ0n) is 11.7. The van der Waals surface area contributed by atoms with E-state index in [4.69, 9.17) is 16.3 Å². The lowest BCUT2D eigenvalue weighted by Crippen LogP contribution is -2.11. The molecule has 0 amide bonds. The van der Waals surface area contributed by atoms with Gasteiger partial charge in [-0.05, 0) is 38.5 Å². The minimum Gasteiger partial charge on any atom is -0.485 e. The second-order valence-electron chi connectivity index (χ2n) is 4.85. The lowest BCUT2D eigenvalue weighted by Gasteiger charge is -2.14. The zero-order valence-corrected chi connectivity index (χ0v) is 14.1. The van der Waals surface area contributed by atoms with Crippen molar-refractivity contribution in [1.29, 1.82) is 0 Å². The van der Waals surface area contributed by atoms with E-state index in [2.05, 4.69) is 39.9 Å². The Morgan fingerprint density at radius 3 is 2.80 bits per heavy atom. The van der Waals surface area contributed by atoms with Gasteiger partial charge in [-0.25, -0.2) is 9.67 Å². The summed E-state index contributed by atoms with van der Waals surface area (Å²) in [5, 5.41) is 4.20. The van der Waals surface area contributed by atoms with E-state index < -0.39 is 0 Å². The Kier molecular flexibility index (Phi) is 5.05. The standard InChI is InChI=1S/C14H17BrClN3O/c1-9(2)19-13(17-8-18-19)7-20-14-10(3)4-12(15)5-11(14)6-16/h4-5,8-9H,6-7H2,1-3H3. The molecule has 1 heterocycles. The molecule has 0 N–H and O–H groups in total. The molecule has 2 aromatic rings. The number of aromatic nitrogens is 3. The maximum atomic E-state index is 5.98. The van der Waals surface area contributed by atoms with Crippen molar-refractivity contribution in [2.75, 3.05) is 0 Å². The summed E-state index contributed by atoms with van der Waals surface area (Å²) >= 11 is 9.45. The lowest BCUT2D eigenvalue weighted by atomic mass is 10.1. The molecule has 0 aliphatic rings. The third-order valence-electron chi connectivity index (χ3n) is 2.94. The second kappa shape index (κ2) is 6.59. The molecule has 0 bridgehead atoms. The third kappa shape index (κ3) is 3.33. The van der Waals surface area contributed by atoms with Crippen LogP contribution < -0.4 is 4.74 Å². The van der Waals surface area contributed by atoms with Gasteiger partial charge in [0.1, 0.15) is 18.7 Å². The number of aryl methyl sites for hydroxylation is 1. The molecule has 0 atom stereocenters. The summed E-state index contributed by atoms with van der Waals surface area (Å²) in [4.78, 5) is 4.24. The van der Waals surface area contributed by atoms with Gasteiger partial charge >= 0.3 is 0 Å². The van der Waals surface area contributed by atoms with E-state index in [0.29, 0.717) is 12.5 Å². The molecule has 0 spiro atoms. The fourth-order valence-corrected chi connectivity index (χ4v) is 2.87. The van der Waals surface area contributed by atoms with Crippen molar-refractivity contribution in [2.45, 2.75) is 39.3 Å². The smallest absolute Gasteiger partial charge is 0.165 e. The summed E-state index contributed by atoms with van der Waals surface area (Å²) in [7, 11) is 0. The average Bonchev–Trinajstić information content (AvgIpc) is 2.85. The fraction of sp³-hybridized carbons (Fsp3) is 0.429. The molecule has 20 heavy (non-hydrogen) atoms. The van der Waals surface area contributed by atoms with E-state index >= 15 is 0 Å². The Morgan fingerprint density at radius 1 is 1.40 bits per heavy atom. The minimum absolute atomic E-state index is 0.259. The fourth-order valence-electron chi connectivity index (χ4n) is 2.05. The third-order valence-corrected chi connectivity index (χ3v) is 3.69. The van der Waals surface area contributed by atoms with E-state index in [1.807, 2.05) is 23.7 Å². The van der Waals surface area contributed by atoms with E-state index in [1.54, 1.807) is 6.33 Å². The number of halogens is 2. The Morgan fingerprint density at radius 2 is 2.15 bits per heavy atom. The highest BCUT2D eigenvalue weighted by molar-refractivity contribution is 9.10. The van der Waals surface area contributed by atoms with Gasteiger partial charge in [0, 0.05) is 16.1 Å². The van der Waals surface area contributed by atoms with Gasteiger partial charge in [-0.15, -0.1) is 11.6 Å². The summed E-state index contributed by atoms with van der Waals surface area (Å²) in [5.41, 5.74) is 2.01. The van der Waals surface area contributed by atoms with Crippen molar-refractivity contribution in [3.8, 4) is 5.75 Å². The van der Waals surface area contributed by atoms with Crippen molar-refractivity contribution in [3.63, 3.8) is 0 Å². The highest BCUT2D eigenvalue weighted by atomic mass is 79.9. The number of hydrogen-bond donors (Lipinski definition) is 0. The molecule has 1 aromatic heterocycles. The van der Waals surface area contributed by atoms with Crippen LogP contribution in [0.4, 0.5) is 0 Å². The van der Waals surface area contributed by atoms with E-state index in [-0.39, 0.29) is 6.04 Å². The molecule has 0 aliphatic carbocycles. The predicted molar refractivity (Wildman–Crippen MR) is 83.2 cm³/mol. The first-order chi connectivity index (χ1) is 9.52. The Hall–Kier alpha value is -1.07. The highest BCUT2D eigenvalue weighted by Crippen LogP contribution is 2.30. The first-order valence-electron chi connectivity index (χ1n) is 6.39. The minimum atomic E-state index is 0.259. The first-order valence-corrected chi connectivity index (χ1v) is 7.71. The van der Waals surface area contributed by atoms with E-state index in [9.17, 15) is 0 Å². The van der Waals surface area contributed by atoms with Crippen LogP contribution >= 0.6 is 27.5 Å². The number of benzene rings is 1. The van der Waals surface area contributed by atoms with Gasteiger partial charge in [0.15, 0.2) is 5.82 Å². The molecule has 0 saturated carbocycles. The molecule has 108 valence electrons. The van der Waals surface area contributed by atoms with Gasteiger partial charge in [0.25, 0.3) is 0 Å². The largest absolute Gasteiger partial charge is 0.485 e. The molecule has 6 heteroatoms. The molecular formula is C14H17BrClN3O. The van der Waals surface area contributed by atoms with Crippen LogP contribution in [0, 0.1) is 6.92 Å². The van der Waals surface area contributed by atoms with Crippen LogP contribution in [0.3, 0.4) is 0 Å². The summed E-state index contributed by atoms with van der Waals surface area (Å²) in [5.74, 6) is 2.04. The van der Waals surface area contributed by atoms with Crippen LogP contribution in [0.5, 0.6) is 5.75 Å². The van der Waals surface area contributed by atoms with Crippen LogP contribution in [0.2, 0.25) is 0 Å². The molecule has 4 nitrogen and oxygen atoms in total. The van der Waals surface area contributed by atoms with Crippen molar-refractivity contribution in [3.05, 3.63) is 39.9 Å². The van der Waals surface area contributed by atoms with Crippen LogP contribution in [-0.2, 0) is 12.5 Å². The van der Waals surface area contributed by atoms with Gasteiger partial charge in [-0.2, -0.15) is 5.10 Å². The predicted octanol–water partition coefficient (Wildman–Crippen LogP) is 4.25. The first kappa shape index (κ1) is 15.3. The highest BCUT2D eigenvalue weighted by Gasteiger charge is 2.12. The maximum absolute atomic E-state index is 5.98. The molecule has 2 rings (SSSR count). The Balaban J connectivity index is 2.21. The van der Waals surface area contributed by atoms with Crippen molar-refractivity contribution in [2.24, 2.45) is 0 Å². The molecule has 0 aliphatic heterocycles. The summed E-state index contributed by atoms with van der Waals surface area (Å²) in [6, 6.07) is 4.25. The SMILES string of the molecule is Cc1cc(Br)cc(CCl)c1OCc1ncnn1C(C)C. The lowest BCUT2D eigenvalue weighted by molar-refractivity contribution is 0.278. The Labute approximate surface area is 132 Å². The second-order valence-corrected chi connectivity index (χ2v) is 6.03. The van der Waals surface area contributed by atoms with Crippen LogP contribution in [0.15, 0.2) is 22.9 Å². The van der Waals surface area contributed by atoms with Gasteiger partial charge in [-0.1, -0.05) is 15.9 Å². The topological polar surface area (TPSA) is 39.9 Å². The maximum Gasteiger partial charge on any atom is 0.165 e. The summed E-state index contributed by atoms with van der Waals surface area (Å²) in [6.45, 7) is 6.51. The quantitative estimate of drug-likeness (QED) is 0.750. The molecule has 0 fully saturated rings. The number of rotatable bonds is 5. The van der Waals surface area contributed by atoms with Gasteiger partial charge in [-0.3, -0.25) is 0 Å². The van der Waals surface area contributed by atoms with Crippen molar-refractivity contribution >= 4 is 27.5 Å². The number of alkyl halides is 1. The van der Waals surface area contributed by atoms with Crippen molar-refractivity contribution < 1.29 is 4.74 Å². The van der Waals surface area contributed by atoms with Crippen LogP contribution in [0.25, 0.3) is 0 Å².